The highest BCUT2D eigenvalue weighted by Gasteiger charge is 2.08. The van der Waals surface area contributed by atoms with Crippen LogP contribution in [-0.2, 0) is 4.74 Å². The van der Waals surface area contributed by atoms with E-state index in [9.17, 15) is 9.90 Å². The SMILES string of the molecule is CC(C)OCCCNC(=O)Nc1cc(Cl)c(O)c(Cl)c1. The number of hydrogen-bond donors (Lipinski definition) is 3. The molecule has 0 fully saturated rings. The fourth-order valence-corrected chi connectivity index (χ4v) is 1.89. The third-order valence-corrected chi connectivity index (χ3v) is 2.91. The van der Waals surface area contributed by atoms with Crippen molar-refractivity contribution < 1.29 is 14.6 Å². The third-order valence-electron chi connectivity index (χ3n) is 2.33. The number of anilines is 1. The second-order valence-corrected chi connectivity index (χ2v) is 5.26. The van der Waals surface area contributed by atoms with E-state index in [-0.39, 0.29) is 27.9 Å². The van der Waals surface area contributed by atoms with Gasteiger partial charge < -0.3 is 20.5 Å². The summed E-state index contributed by atoms with van der Waals surface area (Å²) in [5, 5.41) is 14.8. The number of carbonyl (C=O) groups excluding carboxylic acids is 1. The zero-order chi connectivity index (χ0) is 15.1. The summed E-state index contributed by atoms with van der Waals surface area (Å²) in [6.07, 6.45) is 0.910. The Kier molecular flexibility index (Phi) is 6.91. The predicted molar refractivity (Wildman–Crippen MR) is 80.9 cm³/mol. The van der Waals surface area contributed by atoms with Crippen LogP contribution in [0.1, 0.15) is 20.3 Å². The van der Waals surface area contributed by atoms with E-state index in [1.165, 1.54) is 12.1 Å². The standard InChI is InChI=1S/C13H18Cl2N2O3/c1-8(2)20-5-3-4-16-13(19)17-9-6-10(14)12(18)11(15)7-9/h6-8,18H,3-5H2,1-2H3,(H2,16,17,19). The van der Waals surface area contributed by atoms with Crippen LogP contribution in [0.3, 0.4) is 0 Å². The van der Waals surface area contributed by atoms with Gasteiger partial charge in [-0.15, -0.1) is 0 Å². The number of halogens is 2. The second kappa shape index (κ2) is 8.19. The molecule has 0 atom stereocenters. The van der Waals surface area contributed by atoms with Gasteiger partial charge in [-0.25, -0.2) is 4.79 Å². The van der Waals surface area contributed by atoms with Gasteiger partial charge >= 0.3 is 6.03 Å². The summed E-state index contributed by atoms with van der Waals surface area (Å²) in [5.41, 5.74) is 0.411. The minimum absolute atomic E-state index is 0.0816. The number of rotatable bonds is 6. The molecular weight excluding hydrogens is 303 g/mol. The van der Waals surface area contributed by atoms with Gasteiger partial charge in [0, 0.05) is 18.8 Å². The summed E-state index contributed by atoms with van der Waals surface area (Å²) < 4.78 is 5.35. The Hall–Kier alpha value is -1.17. The van der Waals surface area contributed by atoms with E-state index in [2.05, 4.69) is 10.6 Å². The van der Waals surface area contributed by atoms with Gasteiger partial charge in [0.05, 0.1) is 16.1 Å². The molecule has 0 aliphatic heterocycles. The Balaban J connectivity index is 2.36. The molecule has 20 heavy (non-hydrogen) atoms. The summed E-state index contributed by atoms with van der Waals surface area (Å²) in [5.74, 6) is -0.204. The van der Waals surface area contributed by atoms with Gasteiger partial charge in [0.1, 0.15) is 0 Å². The van der Waals surface area contributed by atoms with Gasteiger partial charge in [-0.1, -0.05) is 23.2 Å². The predicted octanol–water partition coefficient (Wildman–Crippen LogP) is 3.64. The average Bonchev–Trinajstić information content (AvgIpc) is 2.35. The normalized spacial score (nSPS) is 10.7. The van der Waals surface area contributed by atoms with Gasteiger partial charge in [-0.05, 0) is 32.4 Å². The minimum Gasteiger partial charge on any atom is -0.505 e. The Morgan fingerprint density at radius 2 is 1.95 bits per heavy atom. The van der Waals surface area contributed by atoms with E-state index in [1.807, 2.05) is 13.8 Å². The summed E-state index contributed by atoms with van der Waals surface area (Å²) >= 11 is 11.5. The van der Waals surface area contributed by atoms with E-state index in [0.29, 0.717) is 18.8 Å². The van der Waals surface area contributed by atoms with E-state index >= 15 is 0 Å². The number of ether oxygens (including phenoxy) is 1. The number of urea groups is 1. The Labute approximate surface area is 128 Å². The summed E-state index contributed by atoms with van der Waals surface area (Å²) in [7, 11) is 0. The van der Waals surface area contributed by atoms with Crippen LogP contribution < -0.4 is 10.6 Å². The average molecular weight is 321 g/mol. The summed E-state index contributed by atoms with van der Waals surface area (Å²) in [6.45, 7) is 5.00. The summed E-state index contributed by atoms with van der Waals surface area (Å²) in [4.78, 5) is 11.6. The minimum atomic E-state index is -0.368. The molecule has 3 N–H and O–H groups in total. The molecule has 0 spiro atoms. The smallest absolute Gasteiger partial charge is 0.319 e. The number of amides is 2. The largest absolute Gasteiger partial charge is 0.505 e. The second-order valence-electron chi connectivity index (χ2n) is 4.44. The highest BCUT2D eigenvalue weighted by Crippen LogP contribution is 2.34. The van der Waals surface area contributed by atoms with E-state index in [0.717, 1.165) is 6.42 Å². The van der Waals surface area contributed by atoms with Crippen LogP contribution in [0.2, 0.25) is 10.0 Å². The quantitative estimate of drug-likeness (QED) is 0.553. The van der Waals surface area contributed by atoms with Crippen LogP contribution >= 0.6 is 23.2 Å². The number of hydrogen-bond acceptors (Lipinski definition) is 3. The number of phenolic OH excluding ortho intramolecular Hbond substituents is 1. The monoisotopic (exact) mass is 320 g/mol. The molecule has 5 nitrogen and oxygen atoms in total. The van der Waals surface area contributed by atoms with Crippen molar-refractivity contribution in [1.82, 2.24) is 5.32 Å². The van der Waals surface area contributed by atoms with Crippen LogP contribution in [0.15, 0.2) is 12.1 Å². The zero-order valence-corrected chi connectivity index (χ0v) is 12.9. The maximum atomic E-state index is 11.6. The van der Waals surface area contributed by atoms with Crippen LogP contribution in [0, 0.1) is 0 Å². The number of nitrogens with one attached hydrogen (secondary N) is 2. The molecule has 0 radical (unpaired) electrons. The van der Waals surface area contributed by atoms with Gasteiger partial charge in [0.15, 0.2) is 5.75 Å². The molecular formula is C13H18Cl2N2O3. The molecule has 0 aromatic heterocycles. The third kappa shape index (κ3) is 5.86. The first-order chi connectivity index (χ1) is 9.40. The molecule has 7 heteroatoms. The lowest BCUT2D eigenvalue weighted by Gasteiger charge is -2.10. The number of carbonyl (C=O) groups is 1. The lowest BCUT2D eigenvalue weighted by Crippen LogP contribution is -2.30. The molecule has 0 heterocycles. The first-order valence-corrected chi connectivity index (χ1v) is 7.00. The Bertz CT molecular complexity index is 444. The fourth-order valence-electron chi connectivity index (χ4n) is 1.41. The van der Waals surface area contributed by atoms with Gasteiger partial charge in [-0.3, -0.25) is 0 Å². The molecule has 1 aromatic rings. The maximum Gasteiger partial charge on any atom is 0.319 e. The fraction of sp³-hybridized carbons (Fsp3) is 0.462. The Morgan fingerprint density at radius 3 is 2.50 bits per heavy atom. The summed E-state index contributed by atoms with van der Waals surface area (Å²) in [6, 6.07) is 2.47. The molecule has 0 aliphatic rings. The van der Waals surface area contributed by atoms with Crippen molar-refractivity contribution in [3.8, 4) is 5.75 Å². The number of aromatic hydroxyl groups is 1. The molecule has 0 saturated heterocycles. The Morgan fingerprint density at radius 1 is 1.35 bits per heavy atom. The van der Waals surface area contributed by atoms with E-state index in [1.54, 1.807) is 0 Å². The molecule has 112 valence electrons. The lowest BCUT2D eigenvalue weighted by molar-refractivity contribution is 0.0775. The zero-order valence-electron chi connectivity index (χ0n) is 11.4. The molecule has 1 aromatic carbocycles. The maximum absolute atomic E-state index is 11.6. The van der Waals surface area contributed by atoms with Gasteiger partial charge in [0.25, 0.3) is 0 Å². The first kappa shape index (κ1) is 16.9. The van der Waals surface area contributed by atoms with Crippen molar-refractivity contribution in [2.75, 3.05) is 18.5 Å². The van der Waals surface area contributed by atoms with E-state index in [4.69, 9.17) is 27.9 Å². The van der Waals surface area contributed by atoms with Crippen molar-refractivity contribution in [2.45, 2.75) is 26.4 Å². The highest BCUT2D eigenvalue weighted by atomic mass is 35.5. The number of phenols is 1. The topological polar surface area (TPSA) is 70.6 Å². The highest BCUT2D eigenvalue weighted by molar-refractivity contribution is 6.37. The lowest BCUT2D eigenvalue weighted by atomic mass is 10.3. The number of benzene rings is 1. The van der Waals surface area contributed by atoms with Crippen LogP contribution in [0.5, 0.6) is 5.75 Å². The molecule has 0 unspecified atom stereocenters. The van der Waals surface area contributed by atoms with Crippen molar-refractivity contribution in [1.29, 1.82) is 0 Å². The molecule has 2 amide bonds. The van der Waals surface area contributed by atoms with E-state index < -0.39 is 0 Å². The van der Waals surface area contributed by atoms with Gasteiger partial charge in [-0.2, -0.15) is 0 Å². The molecule has 0 aliphatic carbocycles. The molecule has 0 saturated carbocycles. The first-order valence-electron chi connectivity index (χ1n) is 6.24. The van der Waals surface area contributed by atoms with Crippen molar-refractivity contribution in [3.05, 3.63) is 22.2 Å². The van der Waals surface area contributed by atoms with Crippen LogP contribution in [0.25, 0.3) is 0 Å². The van der Waals surface area contributed by atoms with Crippen molar-refractivity contribution >= 4 is 34.9 Å². The molecule has 0 bridgehead atoms. The van der Waals surface area contributed by atoms with Crippen LogP contribution in [-0.4, -0.2) is 30.4 Å². The van der Waals surface area contributed by atoms with Gasteiger partial charge in [0.2, 0.25) is 0 Å². The van der Waals surface area contributed by atoms with Crippen molar-refractivity contribution in [2.24, 2.45) is 0 Å². The molecule has 1 rings (SSSR count). The van der Waals surface area contributed by atoms with Crippen LogP contribution in [0.4, 0.5) is 10.5 Å². The van der Waals surface area contributed by atoms with Crippen molar-refractivity contribution in [3.63, 3.8) is 0 Å².